The molecule has 0 spiro atoms. The van der Waals surface area contributed by atoms with Gasteiger partial charge in [0.05, 0.1) is 29.3 Å². The molecule has 4 rings (SSSR count). The summed E-state index contributed by atoms with van der Waals surface area (Å²) in [5, 5.41) is 22.3. The van der Waals surface area contributed by atoms with Crippen LogP contribution in [-0.2, 0) is 26.8 Å². The van der Waals surface area contributed by atoms with E-state index in [0.29, 0.717) is 28.1 Å². The Kier molecular flexibility index (Phi) is 8.82. The van der Waals surface area contributed by atoms with Crippen LogP contribution in [0.25, 0.3) is 0 Å². The molecule has 3 aromatic rings. The highest BCUT2D eigenvalue weighted by atomic mass is 32.2. The lowest BCUT2D eigenvalue weighted by molar-refractivity contribution is -0.376. The van der Waals surface area contributed by atoms with E-state index in [0.717, 1.165) is 24.3 Å². The molecule has 0 aliphatic carbocycles. The number of sulfonamides is 1. The molecule has 15 heteroatoms. The summed E-state index contributed by atoms with van der Waals surface area (Å²) in [6, 6.07) is 11.3. The summed E-state index contributed by atoms with van der Waals surface area (Å²) in [6.45, 7) is -0.495. The van der Waals surface area contributed by atoms with Crippen LogP contribution in [-0.4, -0.2) is 49.5 Å². The third kappa shape index (κ3) is 6.19. The zero-order valence-corrected chi connectivity index (χ0v) is 22.8. The number of carbonyl (C=O) groups excluding carboxylic acids is 1. The van der Waals surface area contributed by atoms with Crippen molar-refractivity contribution in [2.45, 2.75) is 54.2 Å². The van der Waals surface area contributed by atoms with Crippen LogP contribution in [0.15, 0.2) is 77.7 Å². The minimum absolute atomic E-state index is 0.212. The topological polar surface area (TPSA) is 107 Å². The van der Waals surface area contributed by atoms with Gasteiger partial charge in [-0.2, -0.15) is 26.3 Å². The molecule has 7 nitrogen and oxygen atoms in total. The van der Waals surface area contributed by atoms with Crippen molar-refractivity contribution in [2.75, 3.05) is 10.9 Å². The summed E-state index contributed by atoms with van der Waals surface area (Å²) < 4.78 is 123. The van der Waals surface area contributed by atoms with Crippen molar-refractivity contribution in [3.8, 4) is 0 Å². The van der Waals surface area contributed by atoms with Crippen LogP contribution in [0, 0.1) is 5.82 Å². The molecule has 0 bridgehead atoms. The Morgan fingerprint density at radius 3 is 2.12 bits per heavy atom. The summed E-state index contributed by atoms with van der Waals surface area (Å²) in [5.74, 6) is -1.47. The molecule has 2 atom stereocenters. The first-order chi connectivity index (χ1) is 20.0. The quantitative estimate of drug-likeness (QED) is 0.306. The van der Waals surface area contributed by atoms with Gasteiger partial charge in [-0.15, -0.1) is 0 Å². The molecule has 1 aliphatic heterocycles. The maximum atomic E-state index is 13.8. The first kappa shape index (κ1) is 32.2. The maximum Gasteiger partial charge on any atom is 0.430 e. The Morgan fingerprint density at radius 1 is 0.953 bits per heavy atom. The number of hydrogen-bond acceptors (Lipinski definition) is 5. The van der Waals surface area contributed by atoms with Crippen molar-refractivity contribution in [3.63, 3.8) is 0 Å². The normalized spacial score (nSPS) is 16.9. The molecule has 1 heterocycles. The van der Waals surface area contributed by atoms with Gasteiger partial charge in [-0.25, -0.2) is 12.8 Å². The number of amides is 1. The van der Waals surface area contributed by atoms with Crippen LogP contribution in [0.1, 0.15) is 35.6 Å². The van der Waals surface area contributed by atoms with Gasteiger partial charge < -0.3 is 15.5 Å². The van der Waals surface area contributed by atoms with Gasteiger partial charge in [0.15, 0.2) is 0 Å². The zero-order chi connectivity index (χ0) is 31.8. The number of alkyl halides is 6. The highest BCUT2D eigenvalue weighted by Crippen LogP contribution is 2.51. The van der Waals surface area contributed by atoms with Crippen molar-refractivity contribution < 1.29 is 54.2 Å². The van der Waals surface area contributed by atoms with E-state index in [-0.39, 0.29) is 24.1 Å². The Balaban J connectivity index is 1.76. The number of nitrogens with one attached hydrogen (secondary N) is 1. The van der Waals surface area contributed by atoms with E-state index < -0.39 is 75.3 Å². The monoisotopic (exact) mass is 634 g/mol. The largest absolute Gasteiger partial charge is 0.430 e. The highest BCUT2D eigenvalue weighted by Gasteiger charge is 2.71. The molecule has 0 saturated heterocycles. The number of aryl methyl sites for hydroxylation is 1. The fourth-order valence-corrected chi connectivity index (χ4v) is 6.68. The van der Waals surface area contributed by atoms with Crippen LogP contribution in [0.3, 0.4) is 0 Å². The highest BCUT2D eigenvalue weighted by molar-refractivity contribution is 7.92. The minimum Gasteiger partial charge on any atom is -0.394 e. The standard InChI is InChI=1S/C28H25F7N2O5S/c29-20-8-11-22(12-9-20)43(41,42)37-21(15-25(39)36-23(16-38)17-4-2-1-3-5-17)10-6-18-14-19(7-13-24(18)37)26(40,27(30,31)32)28(33,34)35/h1-5,7-9,11-14,21,23,38,40H,6,10,15-16H2,(H,36,39)/t21-,23-/m0/s1. The lowest BCUT2D eigenvalue weighted by Gasteiger charge is -2.39. The second-order valence-electron chi connectivity index (χ2n) is 9.91. The first-order valence-electron chi connectivity index (χ1n) is 12.7. The Hall–Kier alpha value is -3.69. The maximum absolute atomic E-state index is 13.8. The smallest absolute Gasteiger partial charge is 0.394 e. The minimum atomic E-state index is -6.16. The molecule has 1 amide bonds. The SMILES string of the molecule is O=C(C[C@@H]1CCc2cc(C(O)(C(F)(F)F)C(F)(F)F)ccc2N1S(=O)(=O)c1ccc(F)cc1)N[C@@H](CO)c1ccccc1. The molecule has 3 aromatic carbocycles. The average molecular weight is 635 g/mol. The predicted molar refractivity (Wildman–Crippen MR) is 140 cm³/mol. The van der Waals surface area contributed by atoms with Crippen LogP contribution in [0.2, 0.25) is 0 Å². The summed E-state index contributed by atoms with van der Waals surface area (Å²) in [5.41, 5.74) is -6.81. The number of fused-ring (bicyclic) bond motifs is 1. The summed E-state index contributed by atoms with van der Waals surface area (Å²) in [4.78, 5) is 12.6. The zero-order valence-electron chi connectivity index (χ0n) is 22.0. The number of benzene rings is 3. The third-order valence-corrected chi connectivity index (χ3v) is 9.03. The van der Waals surface area contributed by atoms with Gasteiger partial charge in [0.25, 0.3) is 15.6 Å². The average Bonchev–Trinajstić information content (AvgIpc) is 2.94. The van der Waals surface area contributed by atoms with Crippen molar-refractivity contribution in [1.82, 2.24) is 5.32 Å². The summed E-state index contributed by atoms with van der Waals surface area (Å²) >= 11 is 0. The van der Waals surface area contributed by atoms with Gasteiger partial charge in [0.2, 0.25) is 5.91 Å². The molecule has 43 heavy (non-hydrogen) atoms. The van der Waals surface area contributed by atoms with Gasteiger partial charge in [-0.1, -0.05) is 42.5 Å². The molecule has 0 radical (unpaired) electrons. The Bertz CT molecular complexity index is 1550. The molecule has 1 aliphatic rings. The first-order valence-corrected chi connectivity index (χ1v) is 14.2. The van der Waals surface area contributed by atoms with E-state index in [4.69, 9.17) is 0 Å². The van der Waals surface area contributed by atoms with Crippen molar-refractivity contribution in [2.24, 2.45) is 0 Å². The second kappa shape index (κ2) is 11.8. The van der Waals surface area contributed by atoms with Crippen LogP contribution < -0.4 is 9.62 Å². The number of hydrogen-bond donors (Lipinski definition) is 3. The molecular weight excluding hydrogens is 609 g/mol. The van der Waals surface area contributed by atoms with Crippen molar-refractivity contribution in [3.05, 3.63) is 95.3 Å². The van der Waals surface area contributed by atoms with Crippen LogP contribution >= 0.6 is 0 Å². The summed E-state index contributed by atoms with van der Waals surface area (Å²) in [7, 11) is -4.65. The third-order valence-electron chi connectivity index (χ3n) is 7.14. The van der Waals surface area contributed by atoms with Gasteiger partial charge in [-0.05, 0) is 54.3 Å². The Labute approximate surface area is 241 Å². The van der Waals surface area contributed by atoms with E-state index in [9.17, 15) is 54.2 Å². The molecule has 3 N–H and O–H groups in total. The lowest BCUT2D eigenvalue weighted by atomic mass is 9.87. The van der Waals surface area contributed by atoms with Crippen molar-refractivity contribution in [1.29, 1.82) is 0 Å². The number of rotatable bonds is 8. The summed E-state index contributed by atoms with van der Waals surface area (Å²) in [6.07, 6.45) is -13.3. The van der Waals surface area contributed by atoms with E-state index in [1.165, 1.54) is 0 Å². The van der Waals surface area contributed by atoms with E-state index in [1.54, 1.807) is 30.3 Å². The number of aliphatic hydroxyl groups excluding tert-OH is 1. The fraction of sp³-hybridized carbons (Fsp3) is 0.321. The number of carbonyl (C=O) groups is 1. The fourth-order valence-electron chi connectivity index (χ4n) is 4.97. The molecular formula is C28H25F7N2O5S. The van der Waals surface area contributed by atoms with Gasteiger partial charge >= 0.3 is 12.4 Å². The molecule has 0 aromatic heterocycles. The number of halogens is 7. The van der Waals surface area contributed by atoms with Gasteiger partial charge in [0, 0.05) is 12.0 Å². The Morgan fingerprint density at radius 2 is 1.56 bits per heavy atom. The molecule has 232 valence electrons. The van der Waals surface area contributed by atoms with Crippen LogP contribution in [0.4, 0.5) is 36.4 Å². The number of aliphatic hydroxyl groups is 2. The van der Waals surface area contributed by atoms with Gasteiger partial charge in [-0.3, -0.25) is 9.10 Å². The van der Waals surface area contributed by atoms with Gasteiger partial charge in [0.1, 0.15) is 5.82 Å². The van der Waals surface area contributed by atoms with E-state index >= 15 is 0 Å². The van der Waals surface area contributed by atoms with Crippen LogP contribution in [0.5, 0.6) is 0 Å². The van der Waals surface area contributed by atoms with E-state index in [1.807, 2.05) is 0 Å². The molecule has 0 unspecified atom stereocenters. The van der Waals surface area contributed by atoms with E-state index in [2.05, 4.69) is 5.32 Å². The number of nitrogens with zero attached hydrogens (tertiary/aromatic N) is 1. The molecule has 0 saturated carbocycles. The lowest BCUT2D eigenvalue weighted by Crippen LogP contribution is -2.54. The number of anilines is 1. The molecule has 0 fully saturated rings. The second-order valence-corrected chi connectivity index (χ2v) is 11.7. The van der Waals surface area contributed by atoms with Crippen molar-refractivity contribution >= 4 is 21.6 Å². The predicted octanol–water partition coefficient (Wildman–Crippen LogP) is 4.89.